The molecular weight excluding hydrogens is 301 g/mol. The summed E-state index contributed by atoms with van der Waals surface area (Å²) in [5, 5.41) is 0. The first-order valence-electron chi connectivity index (χ1n) is 8.02. The number of rotatable bonds is 3. The lowest BCUT2D eigenvalue weighted by atomic mass is 10.0. The Morgan fingerprint density at radius 2 is 1.91 bits per heavy atom. The SMILES string of the molecule is CC(C)Oc1ccc(C(=O)N2CCC3(CC2)OCCO3)cc1F. The average molecular weight is 323 g/mol. The number of piperidine rings is 1. The van der Waals surface area contributed by atoms with Gasteiger partial charge in [-0.2, -0.15) is 0 Å². The fraction of sp³-hybridized carbons (Fsp3) is 0.588. The summed E-state index contributed by atoms with van der Waals surface area (Å²) in [7, 11) is 0. The van der Waals surface area contributed by atoms with E-state index in [1.54, 1.807) is 11.0 Å². The smallest absolute Gasteiger partial charge is 0.253 e. The zero-order chi connectivity index (χ0) is 16.4. The molecule has 3 rings (SSSR count). The molecule has 1 aromatic rings. The molecule has 6 heteroatoms. The van der Waals surface area contributed by atoms with Gasteiger partial charge in [0.05, 0.1) is 19.3 Å². The van der Waals surface area contributed by atoms with E-state index in [0.717, 1.165) is 0 Å². The normalized spacial score (nSPS) is 20.3. The van der Waals surface area contributed by atoms with Crippen LogP contribution in [0.25, 0.3) is 0 Å². The molecule has 1 aromatic carbocycles. The van der Waals surface area contributed by atoms with Crippen molar-refractivity contribution in [2.45, 2.75) is 38.6 Å². The molecule has 126 valence electrons. The highest BCUT2D eigenvalue weighted by Crippen LogP contribution is 2.32. The molecular formula is C17H22FNO4. The van der Waals surface area contributed by atoms with Gasteiger partial charge >= 0.3 is 0 Å². The van der Waals surface area contributed by atoms with Gasteiger partial charge in [-0.3, -0.25) is 4.79 Å². The minimum Gasteiger partial charge on any atom is -0.488 e. The minimum atomic E-state index is -0.517. The van der Waals surface area contributed by atoms with E-state index in [0.29, 0.717) is 44.7 Å². The van der Waals surface area contributed by atoms with E-state index in [1.807, 2.05) is 13.8 Å². The quantitative estimate of drug-likeness (QED) is 0.858. The van der Waals surface area contributed by atoms with Crippen LogP contribution in [0.3, 0.4) is 0 Å². The van der Waals surface area contributed by atoms with Crippen molar-refractivity contribution in [3.63, 3.8) is 0 Å². The van der Waals surface area contributed by atoms with Crippen molar-refractivity contribution >= 4 is 5.91 Å². The van der Waals surface area contributed by atoms with Crippen molar-refractivity contribution in [1.82, 2.24) is 4.90 Å². The van der Waals surface area contributed by atoms with Crippen LogP contribution in [-0.2, 0) is 9.47 Å². The van der Waals surface area contributed by atoms with Gasteiger partial charge < -0.3 is 19.1 Å². The second-order valence-electron chi connectivity index (χ2n) is 6.21. The highest BCUT2D eigenvalue weighted by molar-refractivity contribution is 5.94. The van der Waals surface area contributed by atoms with Crippen molar-refractivity contribution in [3.8, 4) is 5.75 Å². The number of halogens is 1. The largest absolute Gasteiger partial charge is 0.488 e. The van der Waals surface area contributed by atoms with Gasteiger partial charge in [-0.1, -0.05) is 0 Å². The van der Waals surface area contributed by atoms with Crippen LogP contribution in [0.2, 0.25) is 0 Å². The first-order valence-corrected chi connectivity index (χ1v) is 8.02. The summed E-state index contributed by atoms with van der Waals surface area (Å²) in [6.45, 7) is 5.97. The zero-order valence-electron chi connectivity index (χ0n) is 13.5. The van der Waals surface area contributed by atoms with Crippen LogP contribution in [0, 0.1) is 5.82 Å². The monoisotopic (exact) mass is 323 g/mol. The molecule has 0 atom stereocenters. The van der Waals surface area contributed by atoms with Crippen molar-refractivity contribution in [3.05, 3.63) is 29.6 Å². The molecule has 0 radical (unpaired) electrons. The first kappa shape index (κ1) is 16.2. The summed E-state index contributed by atoms with van der Waals surface area (Å²) >= 11 is 0. The maximum Gasteiger partial charge on any atom is 0.253 e. The molecule has 1 spiro atoms. The topological polar surface area (TPSA) is 48.0 Å². The highest BCUT2D eigenvalue weighted by atomic mass is 19.1. The lowest BCUT2D eigenvalue weighted by Crippen LogP contribution is -2.47. The lowest BCUT2D eigenvalue weighted by molar-refractivity contribution is -0.181. The van der Waals surface area contributed by atoms with Gasteiger partial charge in [-0.15, -0.1) is 0 Å². The third-order valence-electron chi connectivity index (χ3n) is 4.17. The van der Waals surface area contributed by atoms with E-state index in [4.69, 9.17) is 14.2 Å². The Bertz CT molecular complexity index is 574. The van der Waals surface area contributed by atoms with Gasteiger partial charge in [0.15, 0.2) is 17.4 Å². The van der Waals surface area contributed by atoms with E-state index in [-0.39, 0.29) is 17.8 Å². The van der Waals surface area contributed by atoms with Gasteiger partial charge in [-0.05, 0) is 32.0 Å². The predicted molar refractivity (Wildman–Crippen MR) is 81.9 cm³/mol. The number of carbonyl (C=O) groups excluding carboxylic acids is 1. The van der Waals surface area contributed by atoms with Gasteiger partial charge in [0.1, 0.15) is 0 Å². The summed E-state index contributed by atoms with van der Waals surface area (Å²) in [4.78, 5) is 14.2. The van der Waals surface area contributed by atoms with Crippen LogP contribution in [-0.4, -0.2) is 49.0 Å². The number of hydrogen-bond donors (Lipinski definition) is 0. The number of likely N-dealkylation sites (tertiary alicyclic amines) is 1. The van der Waals surface area contributed by atoms with Crippen LogP contribution >= 0.6 is 0 Å². The van der Waals surface area contributed by atoms with Gasteiger partial charge in [0, 0.05) is 31.5 Å². The molecule has 2 heterocycles. The van der Waals surface area contributed by atoms with E-state index in [9.17, 15) is 9.18 Å². The fourth-order valence-corrected chi connectivity index (χ4v) is 3.00. The molecule has 0 aliphatic carbocycles. The molecule has 0 aromatic heterocycles. The van der Waals surface area contributed by atoms with E-state index in [2.05, 4.69) is 0 Å². The standard InChI is InChI=1S/C17H22FNO4/c1-12(2)23-15-4-3-13(11-14(15)18)16(20)19-7-5-17(6-8-19)21-9-10-22-17/h3-4,11-12H,5-10H2,1-2H3. The Morgan fingerprint density at radius 3 is 2.48 bits per heavy atom. The molecule has 1 amide bonds. The van der Waals surface area contributed by atoms with Crippen molar-refractivity contribution < 1.29 is 23.4 Å². The van der Waals surface area contributed by atoms with Gasteiger partial charge in [0.25, 0.3) is 5.91 Å². The Labute approximate surface area is 135 Å². The van der Waals surface area contributed by atoms with Crippen molar-refractivity contribution in [2.24, 2.45) is 0 Å². The summed E-state index contributed by atoms with van der Waals surface area (Å²) in [6.07, 6.45) is 1.18. The number of benzene rings is 1. The molecule has 0 unspecified atom stereocenters. The zero-order valence-corrected chi connectivity index (χ0v) is 13.5. The Hall–Kier alpha value is -1.66. The van der Waals surface area contributed by atoms with Crippen LogP contribution < -0.4 is 4.74 Å². The van der Waals surface area contributed by atoms with Crippen molar-refractivity contribution in [2.75, 3.05) is 26.3 Å². The average Bonchev–Trinajstić information content (AvgIpc) is 2.97. The highest BCUT2D eigenvalue weighted by Gasteiger charge is 2.40. The van der Waals surface area contributed by atoms with Crippen LogP contribution in [0.15, 0.2) is 18.2 Å². The molecule has 0 saturated carbocycles. The Balaban J connectivity index is 1.65. The van der Waals surface area contributed by atoms with Crippen LogP contribution in [0.1, 0.15) is 37.0 Å². The maximum absolute atomic E-state index is 14.0. The second-order valence-corrected chi connectivity index (χ2v) is 6.21. The van der Waals surface area contributed by atoms with E-state index >= 15 is 0 Å². The summed E-state index contributed by atoms with van der Waals surface area (Å²) < 4.78 is 30.7. The van der Waals surface area contributed by atoms with Gasteiger partial charge in [0.2, 0.25) is 0 Å². The molecule has 0 N–H and O–H groups in total. The number of nitrogens with zero attached hydrogens (tertiary/aromatic N) is 1. The van der Waals surface area contributed by atoms with Crippen molar-refractivity contribution in [1.29, 1.82) is 0 Å². The third kappa shape index (κ3) is 3.48. The number of ether oxygens (including phenoxy) is 3. The summed E-state index contributed by atoms with van der Waals surface area (Å²) in [6, 6.07) is 4.36. The number of hydrogen-bond acceptors (Lipinski definition) is 4. The molecule has 5 nitrogen and oxygen atoms in total. The van der Waals surface area contributed by atoms with E-state index in [1.165, 1.54) is 12.1 Å². The minimum absolute atomic E-state index is 0.115. The van der Waals surface area contributed by atoms with Crippen LogP contribution in [0.4, 0.5) is 4.39 Å². The number of amides is 1. The molecule has 2 saturated heterocycles. The predicted octanol–water partition coefficient (Wildman–Crippen LogP) is 2.59. The Kier molecular flexibility index (Phi) is 4.55. The lowest BCUT2D eigenvalue weighted by Gasteiger charge is -2.37. The third-order valence-corrected chi connectivity index (χ3v) is 4.17. The molecule has 2 fully saturated rings. The van der Waals surface area contributed by atoms with Gasteiger partial charge in [-0.25, -0.2) is 4.39 Å². The molecule has 23 heavy (non-hydrogen) atoms. The first-order chi connectivity index (χ1) is 11.0. The van der Waals surface area contributed by atoms with E-state index < -0.39 is 11.6 Å². The Morgan fingerprint density at radius 1 is 1.26 bits per heavy atom. The van der Waals surface area contributed by atoms with Crippen LogP contribution in [0.5, 0.6) is 5.75 Å². The number of carbonyl (C=O) groups is 1. The molecule has 0 bridgehead atoms. The molecule has 2 aliphatic rings. The summed E-state index contributed by atoms with van der Waals surface area (Å²) in [5.74, 6) is -1.04. The second kappa shape index (κ2) is 6.45. The fourth-order valence-electron chi connectivity index (χ4n) is 3.00. The summed E-state index contributed by atoms with van der Waals surface area (Å²) in [5.41, 5.74) is 0.336. The maximum atomic E-state index is 14.0. The molecule has 2 aliphatic heterocycles.